The number of esters is 1. The van der Waals surface area contributed by atoms with Gasteiger partial charge in [-0.25, -0.2) is 0 Å². The molecule has 0 saturated carbocycles. The molecule has 0 saturated heterocycles. The highest BCUT2D eigenvalue weighted by Crippen LogP contribution is 2.31. The lowest BCUT2D eigenvalue weighted by Crippen LogP contribution is -2.12. The fourth-order valence-corrected chi connectivity index (χ4v) is 4.77. The normalized spacial score (nSPS) is 11.7. The lowest BCUT2D eigenvalue weighted by Gasteiger charge is -2.12. The van der Waals surface area contributed by atoms with Gasteiger partial charge < -0.3 is 21.3 Å². The molecule has 2 aromatic rings. The zero-order valence-corrected chi connectivity index (χ0v) is 23.0. The average molecular weight is 523 g/mol. The zero-order valence-electron chi connectivity index (χ0n) is 21.4. The van der Waals surface area contributed by atoms with Crippen molar-refractivity contribution in [3.8, 4) is 0 Å². The number of methoxy groups -OCH3 is 1. The van der Waals surface area contributed by atoms with Crippen LogP contribution in [-0.4, -0.2) is 45.6 Å². The predicted octanol–water partition coefficient (Wildman–Crippen LogP) is 5.12. The van der Waals surface area contributed by atoms with Gasteiger partial charge in [-0.05, 0) is 30.4 Å². The van der Waals surface area contributed by atoms with Crippen molar-refractivity contribution in [1.82, 2.24) is 9.97 Å². The number of rotatable bonds is 11. The van der Waals surface area contributed by atoms with Crippen molar-refractivity contribution >= 4 is 46.8 Å². The maximum atomic E-state index is 11.0. The summed E-state index contributed by atoms with van der Waals surface area (Å²) in [5, 5.41) is 8.82. The standard InChI is InChI=1S/C13H20N2O2S.C12H18N2O2S/c1-9(2)8-10-13(14)11(4-6-15-10)18-7-5-12(16)17-3;1-7(2)11-10(13)9(4-5-14-11)17-6-8(3)12(15)16/h4,6,9H,5,7-8,14H2,1-3H3;4-5,7-8H,6,13H2,1-3H3,(H,15,16). The summed E-state index contributed by atoms with van der Waals surface area (Å²) in [6.07, 6.45) is 4.76. The lowest BCUT2D eigenvalue weighted by atomic mass is 10.1. The van der Waals surface area contributed by atoms with Crippen molar-refractivity contribution in [2.45, 2.75) is 63.2 Å². The molecule has 0 aliphatic rings. The first kappa shape index (κ1) is 30.6. The molecule has 0 amide bonds. The molecule has 0 aliphatic heterocycles. The second-order valence-corrected chi connectivity index (χ2v) is 11.0. The summed E-state index contributed by atoms with van der Waals surface area (Å²) >= 11 is 3.04. The number of aromatic nitrogens is 2. The van der Waals surface area contributed by atoms with Gasteiger partial charge in [0.15, 0.2) is 0 Å². The molecule has 0 aromatic carbocycles. The summed E-state index contributed by atoms with van der Waals surface area (Å²) in [7, 11) is 1.40. The van der Waals surface area contributed by atoms with Gasteiger partial charge in [0, 0.05) is 33.7 Å². The van der Waals surface area contributed by atoms with Crippen LogP contribution in [0.2, 0.25) is 0 Å². The minimum Gasteiger partial charge on any atom is -0.481 e. The van der Waals surface area contributed by atoms with E-state index in [1.807, 2.05) is 26.0 Å². The molecule has 5 N–H and O–H groups in total. The van der Waals surface area contributed by atoms with E-state index in [1.54, 1.807) is 31.1 Å². The third-order valence-electron chi connectivity index (χ3n) is 4.86. The van der Waals surface area contributed by atoms with Crippen molar-refractivity contribution in [2.24, 2.45) is 11.8 Å². The number of nitrogen functional groups attached to an aromatic ring is 2. The lowest BCUT2D eigenvalue weighted by molar-refractivity contribution is -0.141. The SMILES string of the molecule is CC(CSc1ccnc(C(C)C)c1N)C(=O)O.COC(=O)CCSc1ccnc(CC(C)C)c1N. The largest absolute Gasteiger partial charge is 0.481 e. The number of ether oxygens (including phenoxy) is 1. The van der Waals surface area contributed by atoms with E-state index < -0.39 is 5.97 Å². The first-order valence-electron chi connectivity index (χ1n) is 11.5. The Morgan fingerprint density at radius 3 is 2.14 bits per heavy atom. The Labute approximate surface area is 217 Å². The maximum Gasteiger partial charge on any atom is 0.307 e. The van der Waals surface area contributed by atoms with Crippen LogP contribution in [0.4, 0.5) is 11.4 Å². The van der Waals surface area contributed by atoms with Gasteiger partial charge in [-0.1, -0.05) is 34.6 Å². The Kier molecular flexibility index (Phi) is 13.6. The molecular formula is C25H38N4O4S2. The van der Waals surface area contributed by atoms with Crippen molar-refractivity contribution in [3.63, 3.8) is 0 Å². The van der Waals surface area contributed by atoms with E-state index in [-0.39, 0.29) is 17.8 Å². The summed E-state index contributed by atoms with van der Waals surface area (Å²) in [5.74, 6) is 0.618. The zero-order chi connectivity index (χ0) is 26.5. The Bertz CT molecular complexity index is 970. The van der Waals surface area contributed by atoms with Gasteiger partial charge in [-0.2, -0.15) is 0 Å². The third kappa shape index (κ3) is 10.8. The monoisotopic (exact) mass is 522 g/mol. The van der Waals surface area contributed by atoms with Crippen LogP contribution in [0, 0.1) is 11.8 Å². The number of nitrogens with zero attached hydrogens (tertiary/aromatic N) is 2. The summed E-state index contributed by atoms with van der Waals surface area (Å²) in [4.78, 5) is 32.2. The Morgan fingerprint density at radius 1 is 1.00 bits per heavy atom. The Hall–Kier alpha value is -2.46. The number of carboxylic acids is 1. The molecule has 0 fully saturated rings. The van der Waals surface area contributed by atoms with Crippen LogP contribution in [0.15, 0.2) is 34.3 Å². The molecule has 2 aromatic heterocycles. The van der Waals surface area contributed by atoms with E-state index in [2.05, 4.69) is 28.6 Å². The van der Waals surface area contributed by atoms with E-state index in [9.17, 15) is 9.59 Å². The molecule has 0 aliphatic carbocycles. The number of anilines is 2. The van der Waals surface area contributed by atoms with Crippen molar-refractivity contribution in [2.75, 3.05) is 30.1 Å². The first-order chi connectivity index (χ1) is 16.5. The van der Waals surface area contributed by atoms with Crippen molar-refractivity contribution in [3.05, 3.63) is 35.9 Å². The van der Waals surface area contributed by atoms with Gasteiger partial charge in [0.05, 0.1) is 42.2 Å². The fraction of sp³-hybridized carbons (Fsp3) is 0.520. The topological polar surface area (TPSA) is 141 Å². The number of hydrogen-bond acceptors (Lipinski definition) is 9. The van der Waals surface area contributed by atoms with Crippen LogP contribution in [-0.2, 0) is 20.7 Å². The van der Waals surface area contributed by atoms with Crippen molar-refractivity contribution < 1.29 is 19.4 Å². The number of pyridine rings is 2. The van der Waals surface area contributed by atoms with Crippen LogP contribution in [0.3, 0.4) is 0 Å². The number of carbonyl (C=O) groups is 2. The highest BCUT2D eigenvalue weighted by Gasteiger charge is 2.14. The molecule has 2 rings (SSSR count). The average Bonchev–Trinajstić information content (AvgIpc) is 2.80. The molecule has 10 heteroatoms. The maximum absolute atomic E-state index is 11.0. The fourth-order valence-electron chi connectivity index (χ4n) is 2.86. The number of carboxylic acid groups (broad SMARTS) is 1. The third-order valence-corrected chi connectivity index (χ3v) is 7.27. The summed E-state index contributed by atoms with van der Waals surface area (Å²) in [5.41, 5.74) is 15.3. The Balaban J connectivity index is 0.000000351. The minimum absolute atomic E-state index is 0.197. The molecule has 1 atom stereocenters. The molecule has 0 spiro atoms. The van der Waals surface area contributed by atoms with E-state index in [1.165, 1.54) is 18.9 Å². The van der Waals surface area contributed by atoms with Crippen molar-refractivity contribution in [1.29, 1.82) is 0 Å². The van der Waals surface area contributed by atoms with Gasteiger partial charge in [-0.3, -0.25) is 19.6 Å². The van der Waals surface area contributed by atoms with E-state index in [4.69, 9.17) is 16.6 Å². The second kappa shape index (κ2) is 15.5. The van der Waals surface area contributed by atoms with Gasteiger partial charge in [0.25, 0.3) is 0 Å². The number of aliphatic carboxylic acids is 1. The van der Waals surface area contributed by atoms with Gasteiger partial charge in [0.1, 0.15) is 0 Å². The highest BCUT2D eigenvalue weighted by molar-refractivity contribution is 7.99. The minimum atomic E-state index is -0.783. The highest BCUT2D eigenvalue weighted by atomic mass is 32.2. The first-order valence-corrected chi connectivity index (χ1v) is 13.5. The van der Waals surface area contributed by atoms with Crippen LogP contribution in [0.5, 0.6) is 0 Å². The van der Waals surface area contributed by atoms with Crippen LogP contribution in [0.1, 0.15) is 58.3 Å². The molecule has 194 valence electrons. The molecule has 0 radical (unpaired) electrons. The van der Waals surface area contributed by atoms with Crippen LogP contribution >= 0.6 is 23.5 Å². The molecule has 0 bridgehead atoms. The van der Waals surface area contributed by atoms with Gasteiger partial charge in [-0.15, -0.1) is 23.5 Å². The number of carbonyl (C=O) groups excluding carboxylic acids is 1. The summed E-state index contributed by atoms with van der Waals surface area (Å²) in [6, 6.07) is 3.72. The van der Waals surface area contributed by atoms with Gasteiger partial charge >= 0.3 is 11.9 Å². The van der Waals surface area contributed by atoms with Crippen LogP contribution < -0.4 is 11.5 Å². The molecule has 35 heavy (non-hydrogen) atoms. The summed E-state index contributed by atoms with van der Waals surface area (Å²) in [6.45, 7) is 10.0. The molecule has 1 unspecified atom stereocenters. The van der Waals surface area contributed by atoms with E-state index in [0.717, 1.165) is 33.3 Å². The summed E-state index contributed by atoms with van der Waals surface area (Å²) < 4.78 is 4.60. The number of hydrogen-bond donors (Lipinski definition) is 3. The number of nitrogens with two attached hydrogens (primary N) is 2. The van der Waals surface area contributed by atoms with Gasteiger partial charge in [0.2, 0.25) is 0 Å². The quantitative estimate of drug-likeness (QED) is 0.269. The molecule has 2 heterocycles. The van der Waals surface area contributed by atoms with E-state index in [0.29, 0.717) is 29.5 Å². The molecule has 8 nitrogen and oxygen atoms in total. The number of thioether (sulfide) groups is 2. The van der Waals surface area contributed by atoms with Crippen LogP contribution in [0.25, 0.3) is 0 Å². The second-order valence-electron chi connectivity index (χ2n) is 8.76. The van der Waals surface area contributed by atoms with E-state index >= 15 is 0 Å². The predicted molar refractivity (Wildman–Crippen MR) is 145 cm³/mol. The molecular weight excluding hydrogens is 484 g/mol. The Morgan fingerprint density at radius 2 is 1.60 bits per heavy atom. The smallest absolute Gasteiger partial charge is 0.307 e.